The molecule has 114 valence electrons. The van der Waals surface area contributed by atoms with Crippen LogP contribution < -0.4 is 0 Å². The van der Waals surface area contributed by atoms with E-state index < -0.39 is 0 Å². The van der Waals surface area contributed by atoms with Crippen molar-refractivity contribution in [3.63, 3.8) is 0 Å². The monoisotopic (exact) mass is 297 g/mol. The Labute approximate surface area is 129 Å². The molecule has 0 bridgehead atoms. The molecule has 2 aromatic rings. The Morgan fingerprint density at radius 1 is 1.23 bits per heavy atom. The number of ether oxygens (including phenoxy) is 1. The number of benzene rings is 1. The number of amides is 1. The van der Waals surface area contributed by atoms with Gasteiger partial charge in [0.05, 0.1) is 23.3 Å². The predicted molar refractivity (Wildman–Crippen MR) is 82.5 cm³/mol. The molecule has 4 rings (SSSR count). The maximum absolute atomic E-state index is 12.6. The van der Waals surface area contributed by atoms with Crippen LogP contribution in [0, 0.1) is 5.92 Å². The molecule has 2 fully saturated rings. The van der Waals surface area contributed by atoms with Gasteiger partial charge in [-0.05, 0) is 37.3 Å². The summed E-state index contributed by atoms with van der Waals surface area (Å²) >= 11 is 0. The van der Waals surface area contributed by atoms with E-state index in [2.05, 4.69) is 9.97 Å². The zero-order chi connectivity index (χ0) is 14.9. The lowest BCUT2D eigenvalue weighted by Gasteiger charge is -2.16. The molecular weight excluding hydrogens is 278 g/mol. The van der Waals surface area contributed by atoms with Gasteiger partial charge < -0.3 is 9.64 Å². The third-order valence-corrected chi connectivity index (χ3v) is 4.36. The first kappa shape index (κ1) is 13.6. The van der Waals surface area contributed by atoms with Crippen LogP contribution in [0.5, 0.6) is 0 Å². The summed E-state index contributed by atoms with van der Waals surface area (Å²) in [6.07, 6.45) is 5.25. The Balaban J connectivity index is 1.43. The third-order valence-electron chi connectivity index (χ3n) is 4.36. The normalized spacial score (nSPS) is 21.5. The molecule has 5 nitrogen and oxygen atoms in total. The molecule has 1 amide bonds. The minimum Gasteiger partial charge on any atom is -0.376 e. The zero-order valence-electron chi connectivity index (χ0n) is 12.4. The second-order valence-electron chi connectivity index (χ2n) is 6.18. The van der Waals surface area contributed by atoms with E-state index in [4.69, 9.17) is 4.74 Å². The van der Waals surface area contributed by atoms with Crippen molar-refractivity contribution in [1.29, 1.82) is 0 Å². The molecule has 1 saturated heterocycles. The quantitative estimate of drug-likeness (QED) is 0.868. The highest BCUT2D eigenvalue weighted by molar-refractivity contribution is 5.94. The topological polar surface area (TPSA) is 55.3 Å². The summed E-state index contributed by atoms with van der Waals surface area (Å²) in [6, 6.07) is 7.60. The van der Waals surface area contributed by atoms with Crippen LogP contribution in [0.3, 0.4) is 0 Å². The Bertz CT molecular complexity index is 699. The Kier molecular flexibility index (Phi) is 3.50. The average molecular weight is 297 g/mol. The fourth-order valence-electron chi connectivity index (χ4n) is 2.83. The van der Waals surface area contributed by atoms with E-state index in [-0.39, 0.29) is 12.0 Å². The lowest BCUT2D eigenvalue weighted by molar-refractivity contribution is 0.0479. The van der Waals surface area contributed by atoms with Crippen LogP contribution in [0.2, 0.25) is 0 Å². The Morgan fingerprint density at radius 2 is 2.05 bits per heavy atom. The van der Waals surface area contributed by atoms with E-state index in [1.54, 1.807) is 6.20 Å². The number of para-hydroxylation sites is 2. The first-order chi connectivity index (χ1) is 10.8. The standard InChI is InChI=1S/C17H19N3O2/c21-17(16-9-18-14-3-1-2-4-15(14)19-16)20-8-7-13(10-20)22-11-12-5-6-12/h1-4,9,12-13H,5-8,10-11H2. The van der Waals surface area contributed by atoms with Crippen molar-refractivity contribution in [2.75, 3.05) is 19.7 Å². The molecule has 1 aliphatic carbocycles. The van der Waals surface area contributed by atoms with E-state index in [9.17, 15) is 4.79 Å². The molecule has 2 heterocycles. The molecular formula is C17H19N3O2. The van der Waals surface area contributed by atoms with Gasteiger partial charge in [-0.3, -0.25) is 9.78 Å². The van der Waals surface area contributed by atoms with Crippen molar-refractivity contribution >= 4 is 16.9 Å². The van der Waals surface area contributed by atoms with Gasteiger partial charge >= 0.3 is 0 Å². The molecule has 1 unspecified atom stereocenters. The van der Waals surface area contributed by atoms with E-state index in [0.29, 0.717) is 12.2 Å². The van der Waals surface area contributed by atoms with Gasteiger partial charge in [-0.25, -0.2) is 4.98 Å². The molecule has 0 N–H and O–H groups in total. The first-order valence-corrected chi connectivity index (χ1v) is 7.92. The van der Waals surface area contributed by atoms with Crippen LogP contribution in [-0.4, -0.2) is 46.6 Å². The lowest BCUT2D eigenvalue weighted by Crippen LogP contribution is -2.31. The fourth-order valence-corrected chi connectivity index (χ4v) is 2.83. The third kappa shape index (κ3) is 2.81. The van der Waals surface area contributed by atoms with Gasteiger partial charge in [0.15, 0.2) is 0 Å². The highest BCUT2D eigenvalue weighted by atomic mass is 16.5. The fraction of sp³-hybridized carbons (Fsp3) is 0.471. The van der Waals surface area contributed by atoms with Crippen LogP contribution in [0.4, 0.5) is 0 Å². The summed E-state index contributed by atoms with van der Waals surface area (Å²) < 4.78 is 5.88. The van der Waals surface area contributed by atoms with Crippen LogP contribution >= 0.6 is 0 Å². The largest absolute Gasteiger partial charge is 0.376 e. The number of hydrogen-bond acceptors (Lipinski definition) is 4. The summed E-state index contributed by atoms with van der Waals surface area (Å²) in [4.78, 5) is 23.1. The maximum Gasteiger partial charge on any atom is 0.274 e. The highest BCUT2D eigenvalue weighted by Crippen LogP contribution is 2.30. The Morgan fingerprint density at radius 3 is 2.86 bits per heavy atom. The lowest BCUT2D eigenvalue weighted by atomic mass is 10.3. The average Bonchev–Trinajstić information content (AvgIpc) is 3.28. The molecule has 1 aromatic heterocycles. The van der Waals surface area contributed by atoms with Crippen LogP contribution in [0.25, 0.3) is 11.0 Å². The first-order valence-electron chi connectivity index (χ1n) is 7.92. The second kappa shape index (κ2) is 5.65. The number of carbonyl (C=O) groups is 1. The van der Waals surface area contributed by atoms with Gasteiger partial charge in [0.2, 0.25) is 0 Å². The number of nitrogens with zero attached hydrogens (tertiary/aromatic N) is 3. The predicted octanol–water partition coefficient (Wildman–Crippen LogP) is 2.27. The molecule has 0 spiro atoms. The van der Waals surface area contributed by atoms with E-state index >= 15 is 0 Å². The molecule has 5 heteroatoms. The zero-order valence-corrected chi connectivity index (χ0v) is 12.4. The van der Waals surface area contributed by atoms with Crippen LogP contribution in [-0.2, 0) is 4.74 Å². The minimum atomic E-state index is -0.0456. The molecule has 22 heavy (non-hydrogen) atoms. The van der Waals surface area contributed by atoms with Gasteiger partial charge in [-0.15, -0.1) is 0 Å². The minimum absolute atomic E-state index is 0.0456. The molecule has 2 aliphatic rings. The van der Waals surface area contributed by atoms with Gasteiger partial charge in [0.25, 0.3) is 5.91 Å². The van der Waals surface area contributed by atoms with Crippen molar-refractivity contribution in [3.05, 3.63) is 36.2 Å². The summed E-state index contributed by atoms with van der Waals surface area (Å²) in [5, 5.41) is 0. The summed E-state index contributed by atoms with van der Waals surface area (Å²) in [5.74, 6) is 0.715. The van der Waals surface area contributed by atoms with Gasteiger partial charge in [0, 0.05) is 19.7 Å². The summed E-state index contributed by atoms with van der Waals surface area (Å²) in [6.45, 7) is 2.26. The SMILES string of the molecule is O=C(c1cnc2ccccc2n1)N1CCC(OCC2CC2)C1. The summed E-state index contributed by atoms with van der Waals surface area (Å²) in [7, 11) is 0. The second-order valence-corrected chi connectivity index (χ2v) is 6.18. The van der Waals surface area contributed by atoms with Crippen molar-refractivity contribution in [1.82, 2.24) is 14.9 Å². The van der Waals surface area contributed by atoms with Crippen molar-refractivity contribution < 1.29 is 9.53 Å². The van der Waals surface area contributed by atoms with Gasteiger partial charge in [-0.2, -0.15) is 0 Å². The number of carbonyl (C=O) groups excluding carboxylic acids is 1. The van der Waals surface area contributed by atoms with Crippen molar-refractivity contribution in [2.45, 2.75) is 25.4 Å². The van der Waals surface area contributed by atoms with Gasteiger partial charge in [0.1, 0.15) is 5.69 Å². The maximum atomic E-state index is 12.6. The molecule has 0 radical (unpaired) electrons. The highest BCUT2D eigenvalue weighted by Gasteiger charge is 2.30. The smallest absolute Gasteiger partial charge is 0.274 e. The van der Waals surface area contributed by atoms with Crippen LogP contribution in [0.1, 0.15) is 29.8 Å². The number of fused-ring (bicyclic) bond motifs is 1. The number of hydrogen-bond donors (Lipinski definition) is 0. The molecule has 1 saturated carbocycles. The van der Waals surface area contributed by atoms with Gasteiger partial charge in [-0.1, -0.05) is 12.1 Å². The molecule has 1 atom stereocenters. The van der Waals surface area contributed by atoms with E-state index in [0.717, 1.165) is 36.5 Å². The molecule has 1 aliphatic heterocycles. The Hall–Kier alpha value is -2.01. The number of likely N-dealkylation sites (tertiary alicyclic amines) is 1. The number of aromatic nitrogens is 2. The van der Waals surface area contributed by atoms with Crippen molar-refractivity contribution in [3.8, 4) is 0 Å². The van der Waals surface area contributed by atoms with Crippen molar-refractivity contribution in [2.24, 2.45) is 5.92 Å². The number of rotatable bonds is 4. The van der Waals surface area contributed by atoms with E-state index in [1.807, 2.05) is 29.2 Å². The van der Waals surface area contributed by atoms with E-state index in [1.165, 1.54) is 12.8 Å². The summed E-state index contributed by atoms with van der Waals surface area (Å²) in [5.41, 5.74) is 1.99. The molecule has 1 aromatic carbocycles. The van der Waals surface area contributed by atoms with Crippen LogP contribution in [0.15, 0.2) is 30.5 Å².